The number of nitro groups is 1. The number of hydrogen-bond donors (Lipinski definition) is 3. The van der Waals surface area contributed by atoms with Gasteiger partial charge in [-0.1, -0.05) is 12.1 Å². The van der Waals surface area contributed by atoms with Gasteiger partial charge in [-0.15, -0.1) is 0 Å². The Kier molecular flexibility index (Phi) is 5.29. The van der Waals surface area contributed by atoms with Crippen LogP contribution < -0.4 is 10.1 Å². The van der Waals surface area contributed by atoms with Crippen molar-refractivity contribution in [2.24, 2.45) is 0 Å². The van der Waals surface area contributed by atoms with E-state index < -0.39 is 11.0 Å². The minimum absolute atomic E-state index is 0.101. The normalized spacial score (nSPS) is 11.7. The monoisotopic (exact) mass is 304 g/mol. The highest BCUT2D eigenvalue weighted by molar-refractivity contribution is 5.50. The van der Waals surface area contributed by atoms with Crippen molar-refractivity contribution in [3.05, 3.63) is 58.6 Å². The first-order valence-corrected chi connectivity index (χ1v) is 6.64. The lowest BCUT2D eigenvalue weighted by Crippen LogP contribution is -2.22. The van der Waals surface area contributed by atoms with E-state index in [2.05, 4.69) is 5.32 Å². The summed E-state index contributed by atoms with van der Waals surface area (Å²) in [5.41, 5.74) is 0.637. The first-order valence-electron chi connectivity index (χ1n) is 6.64. The van der Waals surface area contributed by atoms with Gasteiger partial charge in [0.15, 0.2) is 0 Å². The van der Waals surface area contributed by atoms with E-state index in [0.717, 1.165) is 5.69 Å². The summed E-state index contributed by atoms with van der Waals surface area (Å²) in [4.78, 5) is 10.4. The third kappa shape index (κ3) is 4.18. The largest absolute Gasteiger partial charge is 0.450 e. The molecule has 116 valence electrons. The van der Waals surface area contributed by atoms with Gasteiger partial charge in [-0.05, 0) is 30.3 Å². The van der Waals surface area contributed by atoms with Crippen molar-refractivity contribution in [1.29, 1.82) is 0 Å². The number of aliphatic hydroxyl groups excluding tert-OH is 2. The van der Waals surface area contributed by atoms with Crippen LogP contribution in [0.15, 0.2) is 48.5 Å². The van der Waals surface area contributed by atoms with Crippen LogP contribution in [0.1, 0.15) is 0 Å². The van der Waals surface area contributed by atoms with Crippen molar-refractivity contribution in [3.8, 4) is 11.5 Å². The second-order valence-electron chi connectivity index (χ2n) is 4.57. The molecule has 22 heavy (non-hydrogen) atoms. The van der Waals surface area contributed by atoms with Gasteiger partial charge in [0.1, 0.15) is 5.75 Å². The van der Waals surface area contributed by atoms with Crippen LogP contribution in [0.3, 0.4) is 0 Å². The van der Waals surface area contributed by atoms with Gasteiger partial charge >= 0.3 is 5.69 Å². The topological polar surface area (TPSA) is 105 Å². The average Bonchev–Trinajstić information content (AvgIpc) is 2.54. The number of nitro benzene ring substituents is 1. The minimum Gasteiger partial charge on any atom is -0.450 e. The highest BCUT2D eigenvalue weighted by Gasteiger charge is 2.14. The van der Waals surface area contributed by atoms with E-state index in [0.29, 0.717) is 5.75 Å². The van der Waals surface area contributed by atoms with E-state index in [4.69, 9.17) is 9.84 Å². The van der Waals surface area contributed by atoms with E-state index in [1.807, 2.05) is 0 Å². The Labute approximate surface area is 126 Å². The molecule has 7 nitrogen and oxygen atoms in total. The smallest absolute Gasteiger partial charge is 0.311 e. The third-order valence-corrected chi connectivity index (χ3v) is 2.90. The summed E-state index contributed by atoms with van der Waals surface area (Å²) in [6, 6.07) is 12.9. The molecule has 0 bridgehead atoms. The van der Waals surface area contributed by atoms with E-state index >= 15 is 0 Å². The molecule has 0 heterocycles. The van der Waals surface area contributed by atoms with Crippen molar-refractivity contribution in [1.82, 2.24) is 0 Å². The van der Waals surface area contributed by atoms with Gasteiger partial charge in [0, 0.05) is 18.3 Å². The standard InChI is InChI=1S/C15H16N2O5/c18-10-12(19)9-16-11-5-7-13(8-6-11)22-15-4-2-1-3-14(15)17(20)21/h1-8,12,16,18-19H,9-10H2. The zero-order valence-electron chi connectivity index (χ0n) is 11.7. The molecule has 0 aliphatic rings. The fraction of sp³-hybridized carbons (Fsp3) is 0.200. The Hall–Kier alpha value is -2.64. The van der Waals surface area contributed by atoms with Crippen molar-refractivity contribution in [3.63, 3.8) is 0 Å². The molecule has 0 aromatic heterocycles. The van der Waals surface area contributed by atoms with Crippen molar-refractivity contribution in [2.45, 2.75) is 6.10 Å². The fourth-order valence-electron chi connectivity index (χ4n) is 1.76. The van der Waals surface area contributed by atoms with Crippen LogP contribution in [0.2, 0.25) is 0 Å². The highest BCUT2D eigenvalue weighted by Crippen LogP contribution is 2.31. The molecule has 0 spiro atoms. The molecule has 2 rings (SSSR count). The molecule has 0 fully saturated rings. The summed E-state index contributed by atoms with van der Waals surface area (Å²) in [5.74, 6) is 0.631. The Bertz CT molecular complexity index is 630. The van der Waals surface area contributed by atoms with Crippen LogP contribution in [0.5, 0.6) is 11.5 Å². The SMILES string of the molecule is O=[N+]([O-])c1ccccc1Oc1ccc(NCC(O)CO)cc1. The maximum Gasteiger partial charge on any atom is 0.311 e. The molecule has 0 saturated heterocycles. The molecule has 1 unspecified atom stereocenters. The van der Waals surface area contributed by atoms with Gasteiger partial charge in [-0.2, -0.15) is 0 Å². The van der Waals surface area contributed by atoms with Crippen LogP contribution in [0.4, 0.5) is 11.4 Å². The van der Waals surface area contributed by atoms with E-state index in [1.165, 1.54) is 12.1 Å². The number of nitrogens with zero attached hydrogens (tertiary/aromatic N) is 1. The predicted molar refractivity (Wildman–Crippen MR) is 81.2 cm³/mol. The Balaban J connectivity index is 2.04. The molecule has 1 atom stereocenters. The highest BCUT2D eigenvalue weighted by atomic mass is 16.6. The molecule has 0 radical (unpaired) electrons. The number of nitrogens with one attached hydrogen (secondary N) is 1. The van der Waals surface area contributed by atoms with Gasteiger partial charge < -0.3 is 20.3 Å². The molecule has 0 aliphatic heterocycles. The summed E-state index contributed by atoms with van der Waals surface area (Å²) in [7, 11) is 0. The van der Waals surface area contributed by atoms with Gasteiger partial charge in [0.05, 0.1) is 17.6 Å². The maximum absolute atomic E-state index is 10.9. The minimum atomic E-state index is -0.831. The summed E-state index contributed by atoms with van der Waals surface area (Å²) in [6.45, 7) is -0.0905. The van der Waals surface area contributed by atoms with Gasteiger partial charge in [0.25, 0.3) is 0 Å². The molecule has 7 heteroatoms. The molecular formula is C15H16N2O5. The molecule has 0 amide bonds. The number of benzene rings is 2. The first kappa shape index (κ1) is 15.7. The molecular weight excluding hydrogens is 288 g/mol. The Morgan fingerprint density at radius 3 is 2.50 bits per heavy atom. The Morgan fingerprint density at radius 1 is 1.18 bits per heavy atom. The van der Waals surface area contributed by atoms with Gasteiger partial charge in [-0.3, -0.25) is 10.1 Å². The van der Waals surface area contributed by atoms with Crippen LogP contribution in [0, 0.1) is 10.1 Å². The number of anilines is 1. The lowest BCUT2D eigenvalue weighted by molar-refractivity contribution is -0.385. The number of aliphatic hydroxyl groups is 2. The predicted octanol–water partition coefficient (Wildman–Crippen LogP) is 2.15. The second kappa shape index (κ2) is 7.39. The maximum atomic E-state index is 10.9. The number of hydrogen-bond acceptors (Lipinski definition) is 6. The fourth-order valence-corrected chi connectivity index (χ4v) is 1.76. The van der Waals surface area contributed by atoms with Crippen molar-refractivity contribution >= 4 is 11.4 Å². The lowest BCUT2D eigenvalue weighted by atomic mass is 10.2. The van der Waals surface area contributed by atoms with Crippen molar-refractivity contribution in [2.75, 3.05) is 18.5 Å². The van der Waals surface area contributed by atoms with E-state index in [1.54, 1.807) is 36.4 Å². The molecule has 3 N–H and O–H groups in total. The molecule has 0 aliphatic carbocycles. The Morgan fingerprint density at radius 2 is 1.86 bits per heavy atom. The second-order valence-corrected chi connectivity index (χ2v) is 4.57. The molecule has 2 aromatic rings. The molecule has 0 saturated carbocycles. The molecule has 2 aromatic carbocycles. The number of para-hydroxylation sites is 2. The van der Waals surface area contributed by atoms with Gasteiger partial charge in [0.2, 0.25) is 5.75 Å². The summed E-state index contributed by atoms with van der Waals surface area (Å²) >= 11 is 0. The average molecular weight is 304 g/mol. The number of ether oxygens (including phenoxy) is 1. The zero-order chi connectivity index (χ0) is 15.9. The van der Waals surface area contributed by atoms with Crippen LogP contribution in [0.25, 0.3) is 0 Å². The summed E-state index contributed by atoms with van der Waals surface area (Å²) in [6.07, 6.45) is -0.831. The third-order valence-electron chi connectivity index (χ3n) is 2.90. The summed E-state index contributed by atoms with van der Waals surface area (Å²) in [5, 5.41) is 31.8. The number of rotatable bonds is 7. The van der Waals surface area contributed by atoms with Crippen molar-refractivity contribution < 1.29 is 19.9 Å². The van der Waals surface area contributed by atoms with E-state index in [9.17, 15) is 15.2 Å². The van der Waals surface area contributed by atoms with Crippen LogP contribution in [-0.2, 0) is 0 Å². The zero-order valence-corrected chi connectivity index (χ0v) is 11.7. The van der Waals surface area contributed by atoms with Crippen LogP contribution in [-0.4, -0.2) is 34.4 Å². The first-order chi connectivity index (χ1) is 10.6. The van der Waals surface area contributed by atoms with Crippen LogP contribution >= 0.6 is 0 Å². The quantitative estimate of drug-likeness (QED) is 0.535. The van der Waals surface area contributed by atoms with Gasteiger partial charge in [-0.25, -0.2) is 0 Å². The lowest BCUT2D eigenvalue weighted by Gasteiger charge is -2.11. The summed E-state index contributed by atoms with van der Waals surface area (Å²) < 4.78 is 5.51. The van der Waals surface area contributed by atoms with E-state index in [-0.39, 0.29) is 24.6 Å².